The number of benzene rings is 2. The largest absolute Gasteiger partial charge is 0.507 e. The van der Waals surface area contributed by atoms with Crippen LogP contribution >= 0.6 is 11.3 Å². The van der Waals surface area contributed by atoms with Crippen LogP contribution in [-0.2, 0) is 6.67 Å². The second kappa shape index (κ2) is 6.22. The van der Waals surface area contributed by atoms with E-state index in [2.05, 4.69) is 22.0 Å². The van der Waals surface area contributed by atoms with Crippen LogP contribution in [0.1, 0.15) is 11.1 Å². The molecule has 2 heterocycles. The second-order valence-electron chi connectivity index (χ2n) is 6.00. The fraction of sp³-hybridized carbons (Fsp3) is 0.158. The van der Waals surface area contributed by atoms with Gasteiger partial charge in [0.2, 0.25) is 0 Å². The molecule has 0 bridgehead atoms. The Labute approximate surface area is 148 Å². The molecule has 3 aromatic rings. The molecule has 0 spiro atoms. The number of aromatic hydroxyl groups is 1. The first-order valence-corrected chi connectivity index (χ1v) is 8.79. The molecular weight excluding hydrogens is 334 g/mol. The maximum absolute atomic E-state index is 12.7. The van der Waals surface area contributed by atoms with Crippen molar-refractivity contribution in [2.24, 2.45) is 4.99 Å². The van der Waals surface area contributed by atoms with Gasteiger partial charge in [-0.1, -0.05) is 47.2 Å². The Bertz CT molecular complexity index is 1100. The molecule has 6 heteroatoms. The van der Waals surface area contributed by atoms with Crippen molar-refractivity contribution < 1.29 is 5.11 Å². The van der Waals surface area contributed by atoms with Crippen LogP contribution in [0.15, 0.2) is 58.3 Å². The van der Waals surface area contributed by atoms with Gasteiger partial charge in [0.15, 0.2) is 4.80 Å². The molecule has 0 atom stereocenters. The SMILES string of the molecule is Cc1ccc(N2CN=c3s/c(=C\c4ccccc4O)c(=O)n3C2)cc1. The number of nitrogens with zero attached hydrogens (tertiary/aromatic N) is 3. The summed E-state index contributed by atoms with van der Waals surface area (Å²) in [6, 6.07) is 15.2. The van der Waals surface area contributed by atoms with E-state index < -0.39 is 0 Å². The van der Waals surface area contributed by atoms with E-state index in [1.54, 1.807) is 28.8 Å². The zero-order valence-corrected chi connectivity index (χ0v) is 14.5. The lowest BCUT2D eigenvalue weighted by Gasteiger charge is -2.25. The molecule has 2 aromatic carbocycles. The van der Waals surface area contributed by atoms with Crippen LogP contribution in [-0.4, -0.2) is 16.3 Å². The quantitative estimate of drug-likeness (QED) is 0.766. The van der Waals surface area contributed by atoms with Gasteiger partial charge in [-0.2, -0.15) is 0 Å². The maximum Gasteiger partial charge on any atom is 0.271 e. The number of rotatable bonds is 2. The van der Waals surface area contributed by atoms with Crippen molar-refractivity contribution in [1.82, 2.24) is 4.57 Å². The Balaban J connectivity index is 1.73. The first-order valence-electron chi connectivity index (χ1n) is 7.97. The Morgan fingerprint density at radius 3 is 2.68 bits per heavy atom. The molecule has 5 nitrogen and oxygen atoms in total. The van der Waals surface area contributed by atoms with Gasteiger partial charge in [-0.25, -0.2) is 4.99 Å². The van der Waals surface area contributed by atoms with E-state index in [4.69, 9.17) is 0 Å². The highest BCUT2D eigenvalue weighted by atomic mass is 32.1. The topological polar surface area (TPSA) is 57.8 Å². The average Bonchev–Trinajstić information content (AvgIpc) is 2.93. The van der Waals surface area contributed by atoms with Crippen molar-refractivity contribution >= 4 is 23.1 Å². The van der Waals surface area contributed by atoms with Crippen molar-refractivity contribution in [2.45, 2.75) is 13.6 Å². The van der Waals surface area contributed by atoms with Gasteiger partial charge in [-0.05, 0) is 31.2 Å². The third-order valence-electron chi connectivity index (χ3n) is 4.20. The predicted molar refractivity (Wildman–Crippen MR) is 99.6 cm³/mol. The van der Waals surface area contributed by atoms with Crippen LogP contribution in [0.4, 0.5) is 5.69 Å². The van der Waals surface area contributed by atoms with Gasteiger partial charge in [0, 0.05) is 11.3 Å². The van der Waals surface area contributed by atoms with Crippen LogP contribution < -0.4 is 19.8 Å². The molecular formula is C19H17N3O2S. The lowest BCUT2D eigenvalue weighted by molar-refractivity contribution is 0.474. The number of hydrogen-bond donors (Lipinski definition) is 1. The van der Waals surface area contributed by atoms with Gasteiger partial charge in [-0.3, -0.25) is 9.36 Å². The zero-order valence-electron chi connectivity index (χ0n) is 13.7. The minimum absolute atomic E-state index is 0.0798. The summed E-state index contributed by atoms with van der Waals surface area (Å²) in [6.45, 7) is 3.05. The highest BCUT2D eigenvalue weighted by Crippen LogP contribution is 2.17. The van der Waals surface area contributed by atoms with Gasteiger partial charge in [-0.15, -0.1) is 0 Å². The molecule has 0 radical (unpaired) electrons. The normalized spacial score (nSPS) is 14.3. The first kappa shape index (κ1) is 15.7. The standard InChI is InChI=1S/C19H17N3O2S/c1-13-6-8-15(9-7-13)21-11-20-19-22(12-21)18(24)17(25-19)10-14-4-2-3-5-16(14)23/h2-10,23H,11-12H2,1H3/b17-10-. The summed E-state index contributed by atoms with van der Waals surface area (Å²) >= 11 is 1.36. The molecule has 0 fully saturated rings. The van der Waals surface area contributed by atoms with Crippen molar-refractivity contribution in [3.8, 4) is 5.75 Å². The molecule has 0 saturated heterocycles. The number of thiazole rings is 1. The summed E-state index contributed by atoms with van der Waals surface area (Å²) in [4.78, 5) is 20.1. The van der Waals surface area contributed by atoms with Crippen LogP contribution in [0.5, 0.6) is 5.75 Å². The number of aromatic nitrogens is 1. The average molecular weight is 351 g/mol. The summed E-state index contributed by atoms with van der Waals surface area (Å²) in [7, 11) is 0. The number of anilines is 1. The Morgan fingerprint density at radius 1 is 1.16 bits per heavy atom. The van der Waals surface area contributed by atoms with E-state index >= 15 is 0 Å². The first-order chi connectivity index (χ1) is 12.1. The van der Waals surface area contributed by atoms with E-state index in [9.17, 15) is 9.90 Å². The van der Waals surface area contributed by atoms with Crippen LogP contribution in [0.3, 0.4) is 0 Å². The summed E-state index contributed by atoms with van der Waals surface area (Å²) in [5.74, 6) is 0.163. The van der Waals surface area contributed by atoms with Crippen molar-refractivity contribution in [3.05, 3.63) is 79.3 Å². The van der Waals surface area contributed by atoms with Gasteiger partial charge in [0.05, 0.1) is 4.53 Å². The number of phenolic OH excluding ortho intramolecular Hbond substituents is 1. The van der Waals surface area contributed by atoms with E-state index in [0.717, 1.165) is 10.5 Å². The van der Waals surface area contributed by atoms with E-state index in [0.29, 0.717) is 23.4 Å². The molecule has 0 saturated carbocycles. The molecule has 1 aliphatic rings. The number of fused-ring (bicyclic) bond motifs is 1. The smallest absolute Gasteiger partial charge is 0.271 e. The third-order valence-corrected chi connectivity index (χ3v) is 5.24. The zero-order chi connectivity index (χ0) is 17.4. The molecule has 0 unspecified atom stereocenters. The minimum Gasteiger partial charge on any atom is -0.507 e. The fourth-order valence-electron chi connectivity index (χ4n) is 2.78. The van der Waals surface area contributed by atoms with Crippen LogP contribution in [0.25, 0.3) is 6.08 Å². The van der Waals surface area contributed by atoms with Gasteiger partial charge in [0.1, 0.15) is 19.1 Å². The molecule has 126 valence electrons. The maximum atomic E-state index is 12.7. The molecule has 1 aromatic heterocycles. The van der Waals surface area contributed by atoms with Crippen molar-refractivity contribution in [1.29, 1.82) is 0 Å². The van der Waals surface area contributed by atoms with Gasteiger partial charge >= 0.3 is 0 Å². The number of aryl methyl sites for hydroxylation is 1. The molecule has 0 amide bonds. The molecule has 1 N–H and O–H groups in total. The van der Waals surface area contributed by atoms with Crippen LogP contribution in [0, 0.1) is 6.92 Å². The highest BCUT2D eigenvalue weighted by molar-refractivity contribution is 7.07. The van der Waals surface area contributed by atoms with E-state index in [1.807, 2.05) is 25.1 Å². The predicted octanol–water partition coefficient (Wildman–Crippen LogP) is 1.81. The Morgan fingerprint density at radius 2 is 1.92 bits per heavy atom. The molecule has 1 aliphatic heterocycles. The molecule has 25 heavy (non-hydrogen) atoms. The monoisotopic (exact) mass is 351 g/mol. The van der Waals surface area contributed by atoms with Gasteiger partial charge < -0.3 is 10.0 Å². The van der Waals surface area contributed by atoms with Crippen LogP contribution in [0.2, 0.25) is 0 Å². The summed E-state index contributed by atoms with van der Waals surface area (Å²) < 4.78 is 2.26. The fourth-order valence-corrected chi connectivity index (χ4v) is 3.73. The van der Waals surface area contributed by atoms with Crippen molar-refractivity contribution in [3.63, 3.8) is 0 Å². The highest BCUT2D eigenvalue weighted by Gasteiger charge is 2.16. The number of para-hydroxylation sites is 1. The van der Waals surface area contributed by atoms with Crippen molar-refractivity contribution in [2.75, 3.05) is 11.6 Å². The summed E-state index contributed by atoms with van der Waals surface area (Å²) in [5, 5.41) is 9.91. The lowest BCUT2D eigenvalue weighted by Crippen LogP contribution is -2.42. The Hall–Kier alpha value is -2.86. The summed E-state index contributed by atoms with van der Waals surface area (Å²) in [5.41, 5.74) is 2.80. The van der Waals surface area contributed by atoms with E-state index in [1.165, 1.54) is 16.9 Å². The third kappa shape index (κ3) is 2.96. The summed E-state index contributed by atoms with van der Waals surface area (Å²) in [6.07, 6.45) is 1.72. The number of phenols is 1. The lowest BCUT2D eigenvalue weighted by atomic mass is 10.2. The minimum atomic E-state index is -0.0798. The number of hydrogen-bond acceptors (Lipinski definition) is 5. The Kier molecular flexibility index (Phi) is 3.89. The second-order valence-corrected chi connectivity index (χ2v) is 7.01. The van der Waals surface area contributed by atoms with Gasteiger partial charge in [0.25, 0.3) is 5.56 Å². The molecule has 4 rings (SSSR count). The van der Waals surface area contributed by atoms with E-state index in [-0.39, 0.29) is 11.3 Å². The molecule has 0 aliphatic carbocycles.